The SMILES string of the molecule is Cc1cc(Br)cc(Nc2ccnc(NN)c2)c1. The van der Waals surface area contributed by atoms with Crippen LogP contribution in [0.25, 0.3) is 0 Å². The first-order valence-corrected chi connectivity index (χ1v) is 5.93. The third kappa shape index (κ3) is 3.18. The van der Waals surface area contributed by atoms with E-state index in [1.807, 2.05) is 18.2 Å². The van der Waals surface area contributed by atoms with Gasteiger partial charge in [0.1, 0.15) is 5.82 Å². The summed E-state index contributed by atoms with van der Waals surface area (Å²) >= 11 is 3.47. The topological polar surface area (TPSA) is 63.0 Å². The van der Waals surface area contributed by atoms with E-state index in [0.29, 0.717) is 5.82 Å². The van der Waals surface area contributed by atoms with E-state index in [2.05, 4.69) is 50.7 Å². The molecule has 1 aromatic heterocycles. The van der Waals surface area contributed by atoms with Crippen LogP contribution >= 0.6 is 15.9 Å². The van der Waals surface area contributed by atoms with Crippen molar-refractivity contribution in [2.75, 3.05) is 10.7 Å². The second kappa shape index (κ2) is 5.16. The number of hydrogen-bond donors (Lipinski definition) is 3. The molecule has 0 radical (unpaired) electrons. The Kier molecular flexibility index (Phi) is 3.61. The standard InChI is InChI=1S/C12H13BrN4/c1-8-4-9(13)6-11(5-8)16-10-2-3-15-12(7-10)17-14/h2-7H,14H2,1H3,(H2,15,16,17). The maximum Gasteiger partial charge on any atom is 0.141 e. The molecule has 0 aliphatic carbocycles. The van der Waals surface area contributed by atoms with Crippen LogP contribution < -0.4 is 16.6 Å². The monoisotopic (exact) mass is 292 g/mol. The molecule has 0 fully saturated rings. The summed E-state index contributed by atoms with van der Waals surface area (Å²) in [5, 5.41) is 3.29. The van der Waals surface area contributed by atoms with Gasteiger partial charge < -0.3 is 10.7 Å². The molecular weight excluding hydrogens is 280 g/mol. The van der Waals surface area contributed by atoms with E-state index in [9.17, 15) is 0 Å². The van der Waals surface area contributed by atoms with Gasteiger partial charge in [0.15, 0.2) is 0 Å². The highest BCUT2D eigenvalue weighted by atomic mass is 79.9. The van der Waals surface area contributed by atoms with Gasteiger partial charge in [-0.15, -0.1) is 0 Å². The number of nitrogens with zero attached hydrogens (tertiary/aromatic N) is 1. The smallest absolute Gasteiger partial charge is 0.141 e. The first kappa shape index (κ1) is 11.9. The minimum atomic E-state index is 0.627. The van der Waals surface area contributed by atoms with Crippen molar-refractivity contribution in [3.8, 4) is 0 Å². The summed E-state index contributed by atoms with van der Waals surface area (Å²) < 4.78 is 1.05. The fourth-order valence-corrected chi connectivity index (χ4v) is 2.17. The lowest BCUT2D eigenvalue weighted by atomic mass is 10.2. The lowest BCUT2D eigenvalue weighted by Gasteiger charge is -2.09. The number of nitrogens with two attached hydrogens (primary N) is 1. The van der Waals surface area contributed by atoms with Crippen molar-refractivity contribution in [3.05, 3.63) is 46.6 Å². The molecule has 4 N–H and O–H groups in total. The summed E-state index contributed by atoms with van der Waals surface area (Å²) in [5.41, 5.74) is 5.66. The maximum absolute atomic E-state index is 5.31. The Morgan fingerprint density at radius 2 is 2.00 bits per heavy atom. The largest absolute Gasteiger partial charge is 0.355 e. The molecule has 0 amide bonds. The van der Waals surface area contributed by atoms with Crippen molar-refractivity contribution in [2.45, 2.75) is 6.92 Å². The quantitative estimate of drug-likeness (QED) is 0.601. The van der Waals surface area contributed by atoms with E-state index >= 15 is 0 Å². The average Bonchev–Trinajstić information content (AvgIpc) is 2.28. The number of hydrazine groups is 1. The van der Waals surface area contributed by atoms with Gasteiger partial charge in [-0.25, -0.2) is 10.8 Å². The van der Waals surface area contributed by atoms with Crippen LogP contribution in [-0.4, -0.2) is 4.98 Å². The van der Waals surface area contributed by atoms with E-state index in [4.69, 9.17) is 5.84 Å². The number of nitrogens with one attached hydrogen (secondary N) is 2. The highest BCUT2D eigenvalue weighted by molar-refractivity contribution is 9.10. The lowest BCUT2D eigenvalue weighted by molar-refractivity contribution is 1.23. The molecule has 0 saturated heterocycles. The summed E-state index contributed by atoms with van der Waals surface area (Å²) in [4.78, 5) is 4.05. The molecule has 88 valence electrons. The number of aryl methyl sites for hydroxylation is 1. The Morgan fingerprint density at radius 1 is 1.18 bits per heavy atom. The Bertz CT molecular complexity index is 507. The molecular formula is C12H13BrN4. The van der Waals surface area contributed by atoms with E-state index < -0.39 is 0 Å². The zero-order chi connectivity index (χ0) is 12.3. The van der Waals surface area contributed by atoms with Gasteiger partial charge in [-0.1, -0.05) is 15.9 Å². The second-order valence-corrected chi connectivity index (χ2v) is 4.63. The van der Waals surface area contributed by atoms with Crippen LogP contribution in [0, 0.1) is 6.92 Å². The molecule has 0 saturated carbocycles. The molecule has 0 aliphatic rings. The molecule has 0 bridgehead atoms. The third-order valence-corrected chi connectivity index (χ3v) is 2.70. The number of aromatic nitrogens is 1. The van der Waals surface area contributed by atoms with Gasteiger partial charge in [0, 0.05) is 28.1 Å². The predicted octanol–water partition coefficient (Wildman–Crippen LogP) is 3.18. The fourth-order valence-electron chi connectivity index (χ4n) is 1.56. The number of pyridine rings is 1. The highest BCUT2D eigenvalue weighted by Gasteiger charge is 1.99. The summed E-state index contributed by atoms with van der Waals surface area (Å²) in [5.74, 6) is 5.94. The summed E-state index contributed by atoms with van der Waals surface area (Å²) in [6.07, 6.45) is 1.70. The van der Waals surface area contributed by atoms with Crippen molar-refractivity contribution in [1.29, 1.82) is 0 Å². The number of anilines is 3. The molecule has 2 rings (SSSR count). The Labute approximate surface area is 108 Å². The normalized spacial score (nSPS) is 10.1. The first-order valence-electron chi connectivity index (χ1n) is 5.14. The van der Waals surface area contributed by atoms with Crippen molar-refractivity contribution in [1.82, 2.24) is 4.98 Å². The third-order valence-electron chi connectivity index (χ3n) is 2.24. The summed E-state index contributed by atoms with van der Waals surface area (Å²) in [6.45, 7) is 2.05. The Balaban J connectivity index is 2.24. The Morgan fingerprint density at radius 3 is 2.71 bits per heavy atom. The maximum atomic E-state index is 5.31. The molecule has 0 unspecified atom stereocenters. The van der Waals surface area contributed by atoms with Gasteiger partial charge in [0.25, 0.3) is 0 Å². The number of hydrogen-bond acceptors (Lipinski definition) is 4. The number of nitrogen functional groups attached to an aromatic ring is 1. The molecule has 1 aromatic carbocycles. The molecule has 17 heavy (non-hydrogen) atoms. The molecule has 0 aliphatic heterocycles. The zero-order valence-corrected chi connectivity index (χ0v) is 11.0. The van der Waals surface area contributed by atoms with Crippen molar-refractivity contribution < 1.29 is 0 Å². The van der Waals surface area contributed by atoms with Gasteiger partial charge >= 0.3 is 0 Å². The summed E-state index contributed by atoms with van der Waals surface area (Å²) in [7, 11) is 0. The molecule has 4 nitrogen and oxygen atoms in total. The number of benzene rings is 1. The molecule has 0 spiro atoms. The van der Waals surface area contributed by atoms with Crippen molar-refractivity contribution >= 4 is 33.1 Å². The average molecular weight is 293 g/mol. The highest BCUT2D eigenvalue weighted by Crippen LogP contribution is 2.23. The van der Waals surface area contributed by atoms with Crippen LogP contribution in [0.3, 0.4) is 0 Å². The first-order chi connectivity index (χ1) is 8.17. The summed E-state index contributed by atoms with van der Waals surface area (Å²) in [6, 6.07) is 9.88. The zero-order valence-electron chi connectivity index (χ0n) is 9.37. The fraction of sp³-hybridized carbons (Fsp3) is 0.0833. The van der Waals surface area contributed by atoms with Gasteiger partial charge in [0.05, 0.1) is 0 Å². The van der Waals surface area contributed by atoms with Crippen LogP contribution in [0.15, 0.2) is 41.0 Å². The lowest BCUT2D eigenvalue weighted by Crippen LogP contribution is -2.08. The van der Waals surface area contributed by atoms with Crippen molar-refractivity contribution in [3.63, 3.8) is 0 Å². The molecule has 0 atom stereocenters. The molecule has 2 aromatic rings. The van der Waals surface area contributed by atoms with Gasteiger partial charge in [-0.05, 0) is 36.8 Å². The van der Waals surface area contributed by atoms with E-state index in [0.717, 1.165) is 15.8 Å². The van der Waals surface area contributed by atoms with Crippen LogP contribution in [0.2, 0.25) is 0 Å². The second-order valence-electron chi connectivity index (χ2n) is 3.72. The van der Waals surface area contributed by atoms with E-state index in [1.165, 1.54) is 5.56 Å². The molecule has 5 heteroatoms. The minimum Gasteiger partial charge on any atom is -0.355 e. The van der Waals surface area contributed by atoms with Crippen molar-refractivity contribution in [2.24, 2.45) is 5.84 Å². The number of halogens is 1. The minimum absolute atomic E-state index is 0.627. The number of rotatable bonds is 3. The van der Waals surface area contributed by atoms with Crippen LogP contribution in [0.5, 0.6) is 0 Å². The Hall–Kier alpha value is -1.59. The van der Waals surface area contributed by atoms with Crippen LogP contribution in [0.1, 0.15) is 5.56 Å². The predicted molar refractivity (Wildman–Crippen MR) is 74.2 cm³/mol. The van der Waals surface area contributed by atoms with E-state index in [-0.39, 0.29) is 0 Å². The molecule has 1 heterocycles. The van der Waals surface area contributed by atoms with E-state index in [1.54, 1.807) is 6.20 Å². The van der Waals surface area contributed by atoms with Crippen LogP contribution in [0.4, 0.5) is 17.2 Å². The van der Waals surface area contributed by atoms with Gasteiger partial charge in [-0.2, -0.15) is 0 Å². The van der Waals surface area contributed by atoms with Gasteiger partial charge in [0.2, 0.25) is 0 Å². The van der Waals surface area contributed by atoms with Gasteiger partial charge in [-0.3, -0.25) is 0 Å². The van der Waals surface area contributed by atoms with Crippen LogP contribution in [-0.2, 0) is 0 Å².